The third-order valence-corrected chi connectivity index (χ3v) is 5.04. The molecular formula is C23H20ClN3O2. The summed E-state index contributed by atoms with van der Waals surface area (Å²) >= 11 is 6.16. The van der Waals surface area contributed by atoms with Gasteiger partial charge in [0.05, 0.1) is 24.2 Å². The normalized spacial score (nSPS) is 10.9. The summed E-state index contributed by atoms with van der Waals surface area (Å²) in [4.78, 5) is 12.9. The van der Waals surface area contributed by atoms with Crippen LogP contribution in [0.15, 0.2) is 71.3 Å². The van der Waals surface area contributed by atoms with E-state index in [4.69, 9.17) is 21.1 Å². The minimum absolute atomic E-state index is 0.246. The van der Waals surface area contributed by atoms with Gasteiger partial charge in [-0.25, -0.2) is 4.68 Å². The lowest BCUT2D eigenvalue weighted by atomic mass is 10.0. The minimum Gasteiger partial charge on any atom is -0.467 e. The molecule has 0 saturated heterocycles. The van der Waals surface area contributed by atoms with E-state index in [2.05, 4.69) is 31.3 Å². The Bertz CT molecular complexity index is 1160. The molecule has 4 aromatic rings. The highest BCUT2D eigenvalue weighted by Gasteiger charge is 2.18. The summed E-state index contributed by atoms with van der Waals surface area (Å²) in [6.07, 6.45) is 1.58. The molecule has 0 aliphatic carbocycles. The predicted octanol–water partition coefficient (Wildman–Crippen LogP) is 5.33. The Morgan fingerprint density at radius 2 is 1.93 bits per heavy atom. The first-order chi connectivity index (χ1) is 14.0. The highest BCUT2D eigenvalue weighted by Crippen LogP contribution is 2.25. The van der Waals surface area contributed by atoms with Crippen molar-refractivity contribution in [1.29, 1.82) is 0 Å². The fraction of sp³-hybridized carbons (Fsp3) is 0.130. The van der Waals surface area contributed by atoms with Gasteiger partial charge in [0, 0.05) is 10.6 Å². The Kier molecular flexibility index (Phi) is 5.23. The van der Waals surface area contributed by atoms with Gasteiger partial charge in [-0.3, -0.25) is 4.79 Å². The number of carbonyl (C=O) groups excluding carboxylic acids is 1. The molecule has 2 aromatic carbocycles. The first kappa shape index (κ1) is 19.0. The topological polar surface area (TPSA) is 60.1 Å². The van der Waals surface area contributed by atoms with Gasteiger partial charge in [0.1, 0.15) is 11.5 Å². The second kappa shape index (κ2) is 7.97. The quantitative estimate of drug-likeness (QED) is 0.488. The largest absolute Gasteiger partial charge is 0.467 e. The number of aryl methyl sites for hydroxylation is 2. The van der Waals surface area contributed by atoms with E-state index in [-0.39, 0.29) is 5.91 Å². The molecule has 29 heavy (non-hydrogen) atoms. The van der Waals surface area contributed by atoms with Crippen molar-refractivity contribution >= 4 is 17.5 Å². The number of hydrogen-bond donors (Lipinski definition) is 1. The number of rotatable bonds is 5. The molecule has 1 N–H and O–H groups in total. The zero-order valence-corrected chi connectivity index (χ0v) is 16.9. The van der Waals surface area contributed by atoms with Gasteiger partial charge < -0.3 is 9.73 Å². The number of aromatic nitrogens is 2. The third kappa shape index (κ3) is 4.10. The van der Waals surface area contributed by atoms with Crippen molar-refractivity contribution < 1.29 is 9.21 Å². The number of carbonyl (C=O) groups is 1. The fourth-order valence-corrected chi connectivity index (χ4v) is 3.24. The Balaban J connectivity index is 1.74. The van der Waals surface area contributed by atoms with Crippen LogP contribution in [0, 0.1) is 13.8 Å². The molecular weight excluding hydrogens is 386 g/mol. The van der Waals surface area contributed by atoms with Crippen molar-refractivity contribution in [2.45, 2.75) is 20.4 Å². The van der Waals surface area contributed by atoms with Crippen LogP contribution >= 0.6 is 11.6 Å². The first-order valence-corrected chi connectivity index (χ1v) is 9.63. The minimum atomic E-state index is -0.246. The molecule has 0 fully saturated rings. The molecule has 2 heterocycles. The number of nitrogens with zero attached hydrogens (tertiary/aromatic N) is 2. The van der Waals surface area contributed by atoms with Crippen LogP contribution in [0.2, 0.25) is 5.02 Å². The number of amides is 1. The smallest absolute Gasteiger partial charge is 0.270 e. The molecule has 0 bridgehead atoms. The summed E-state index contributed by atoms with van der Waals surface area (Å²) in [5.41, 5.74) is 5.19. The van der Waals surface area contributed by atoms with Crippen molar-refractivity contribution in [2.24, 2.45) is 0 Å². The highest BCUT2D eigenvalue weighted by atomic mass is 35.5. The van der Waals surface area contributed by atoms with Crippen LogP contribution in [-0.4, -0.2) is 15.7 Å². The number of furan rings is 1. The van der Waals surface area contributed by atoms with Crippen LogP contribution in [0.5, 0.6) is 0 Å². The molecule has 1 amide bonds. The van der Waals surface area contributed by atoms with Gasteiger partial charge in [-0.2, -0.15) is 5.10 Å². The molecule has 5 nitrogen and oxygen atoms in total. The van der Waals surface area contributed by atoms with E-state index in [0.29, 0.717) is 23.0 Å². The molecule has 0 saturated carbocycles. The lowest BCUT2D eigenvalue weighted by Crippen LogP contribution is -2.25. The highest BCUT2D eigenvalue weighted by molar-refractivity contribution is 6.30. The Morgan fingerprint density at radius 3 is 2.66 bits per heavy atom. The Labute approximate surface area is 173 Å². The number of hydrogen-bond acceptors (Lipinski definition) is 3. The summed E-state index contributed by atoms with van der Waals surface area (Å²) in [5, 5.41) is 8.16. The number of nitrogens with one attached hydrogen (secondary N) is 1. The van der Waals surface area contributed by atoms with Crippen molar-refractivity contribution in [3.8, 4) is 16.9 Å². The fourth-order valence-electron chi connectivity index (χ4n) is 3.06. The molecule has 6 heteroatoms. The summed E-state index contributed by atoms with van der Waals surface area (Å²) in [7, 11) is 0. The van der Waals surface area contributed by atoms with E-state index in [9.17, 15) is 4.79 Å². The standard InChI is InChI=1S/C23H20ClN3O2/c1-15-8-9-17(11-16(15)2)21-13-22(23(28)25-14-20-7-4-10-29-20)27(26-21)19-6-3-5-18(24)12-19/h3-13H,14H2,1-2H3,(H,25,28). The van der Waals surface area contributed by atoms with Gasteiger partial charge in [0.15, 0.2) is 0 Å². The molecule has 0 aliphatic rings. The molecule has 0 atom stereocenters. The van der Waals surface area contributed by atoms with Gasteiger partial charge in [-0.15, -0.1) is 0 Å². The number of benzene rings is 2. The predicted molar refractivity (Wildman–Crippen MR) is 113 cm³/mol. The molecule has 146 valence electrons. The van der Waals surface area contributed by atoms with E-state index in [1.54, 1.807) is 35.2 Å². The van der Waals surface area contributed by atoms with Gasteiger partial charge in [-0.1, -0.05) is 29.8 Å². The molecule has 0 radical (unpaired) electrons. The third-order valence-electron chi connectivity index (χ3n) is 4.80. The monoisotopic (exact) mass is 405 g/mol. The zero-order chi connectivity index (χ0) is 20.4. The second-order valence-electron chi connectivity index (χ2n) is 6.87. The van der Waals surface area contributed by atoms with Gasteiger partial charge in [0.25, 0.3) is 5.91 Å². The van der Waals surface area contributed by atoms with E-state index < -0.39 is 0 Å². The maximum Gasteiger partial charge on any atom is 0.270 e. The van der Waals surface area contributed by atoms with Crippen molar-refractivity contribution in [2.75, 3.05) is 0 Å². The molecule has 0 aliphatic heterocycles. The summed E-state index contributed by atoms with van der Waals surface area (Å²) < 4.78 is 6.91. The molecule has 0 spiro atoms. The van der Waals surface area contributed by atoms with Gasteiger partial charge in [0.2, 0.25) is 0 Å². The lowest BCUT2D eigenvalue weighted by Gasteiger charge is -2.08. The van der Waals surface area contributed by atoms with E-state index in [0.717, 1.165) is 16.9 Å². The van der Waals surface area contributed by atoms with E-state index in [1.165, 1.54) is 11.1 Å². The SMILES string of the molecule is Cc1ccc(-c2cc(C(=O)NCc3ccco3)n(-c3cccc(Cl)c3)n2)cc1C. The summed E-state index contributed by atoms with van der Waals surface area (Å²) in [6.45, 7) is 4.42. The zero-order valence-electron chi connectivity index (χ0n) is 16.1. The average Bonchev–Trinajstić information content (AvgIpc) is 3.38. The van der Waals surface area contributed by atoms with Crippen LogP contribution in [0.1, 0.15) is 27.4 Å². The average molecular weight is 406 g/mol. The Hall–Kier alpha value is -3.31. The summed E-state index contributed by atoms with van der Waals surface area (Å²) in [6, 6.07) is 18.8. The first-order valence-electron chi connectivity index (χ1n) is 9.25. The van der Waals surface area contributed by atoms with E-state index in [1.807, 2.05) is 24.3 Å². The molecule has 0 unspecified atom stereocenters. The Morgan fingerprint density at radius 1 is 1.07 bits per heavy atom. The molecule has 2 aromatic heterocycles. The maximum atomic E-state index is 12.9. The van der Waals surface area contributed by atoms with Crippen LogP contribution in [0.3, 0.4) is 0 Å². The second-order valence-corrected chi connectivity index (χ2v) is 7.30. The van der Waals surface area contributed by atoms with Crippen LogP contribution < -0.4 is 5.32 Å². The van der Waals surface area contributed by atoms with Crippen LogP contribution in [0.4, 0.5) is 0 Å². The van der Waals surface area contributed by atoms with Crippen molar-refractivity contribution in [3.05, 3.63) is 94.5 Å². The van der Waals surface area contributed by atoms with Crippen LogP contribution in [-0.2, 0) is 6.54 Å². The maximum absolute atomic E-state index is 12.9. The van der Waals surface area contributed by atoms with Crippen molar-refractivity contribution in [1.82, 2.24) is 15.1 Å². The molecule has 4 rings (SSSR count). The van der Waals surface area contributed by atoms with Gasteiger partial charge >= 0.3 is 0 Å². The van der Waals surface area contributed by atoms with E-state index >= 15 is 0 Å². The van der Waals surface area contributed by atoms with Crippen LogP contribution in [0.25, 0.3) is 16.9 Å². The number of halogens is 1. The van der Waals surface area contributed by atoms with Gasteiger partial charge in [-0.05, 0) is 67.4 Å². The van der Waals surface area contributed by atoms with Crippen molar-refractivity contribution in [3.63, 3.8) is 0 Å². The summed E-state index contributed by atoms with van der Waals surface area (Å²) in [5.74, 6) is 0.436. The lowest BCUT2D eigenvalue weighted by molar-refractivity contribution is 0.0940.